The summed E-state index contributed by atoms with van der Waals surface area (Å²) in [6, 6.07) is 24.3. The zero-order chi connectivity index (χ0) is 60.5. The van der Waals surface area contributed by atoms with Crippen LogP contribution in [0.2, 0.25) is 0 Å². The van der Waals surface area contributed by atoms with Crippen LogP contribution in [-0.2, 0) is 46.8 Å². The van der Waals surface area contributed by atoms with Crippen LogP contribution in [0.3, 0.4) is 0 Å². The zero-order valence-electron chi connectivity index (χ0n) is 47.3. The number of fused-ring (bicyclic) bond motifs is 3. The Balaban J connectivity index is 0.859. The zero-order valence-corrected chi connectivity index (χ0v) is 48.2. The molecule has 0 radical (unpaired) electrons. The third-order valence-corrected chi connectivity index (χ3v) is 17.4. The van der Waals surface area contributed by atoms with Crippen molar-refractivity contribution in [2.24, 2.45) is 12.8 Å². The number of H-pyrrole nitrogens is 1. The van der Waals surface area contributed by atoms with Gasteiger partial charge in [0.05, 0.1) is 23.1 Å². The number of rotatable bonds is 24. The second-order valence-corrected chi connectivity index (χ2v) is 23.9. The molecule has 3 fully saturated rings. The Labute approximate surface area is 490 Å². The maximum atomic E-state index is 15.1. The van der Waals surface area contributed by atoms with Crippen molar-refractivity contribution >= 4 is 76.4 Å². The summed E-state index contributed by atoms with van der Waals surface area (Å²) in [6.07, 6.45) is 6.00. The van der Waals surface area contributed by atoms with E-state index in [1.54, 1.807) is 16.5 Å². The minimum atomic E-state index is -5.12. The minimum absolute atomic E-state index is 0.0429. The van der Waals surface area contributed by atoms with Crippen molar-refractivity contribution in [2.45, 2.75) is 145 Å². The van der Waals surface area contributed by atoms with E-state index >= 15 is 4.79 Å². The number of aromatic amines is 1. The molecule has 3 aliphatic rings. The van der Waals surface area contributed by atoms with E-state index < -0.39 is 85.1 Å². The van der Waals surface area contributed by atoms with E-state index in [2.05, 4.69) is 26.3 Å². The topological polar surface area (TPSA) is 338 Å². The van der Waals surface area contributed by atoms with Crippen molar-refractivity contribution in [2.75, 3.05) is 13.1 Å². The van der Waals surface area contributed by atoms with Gasteiger partial charge in [0.2, 0.25) is 35.4 Å². The Kier molecular flexibility index (Phi) is 19.8. The maximum Gasteiger partial charge on any atom is 0.396 e. The molecule has 9 rings (SSSR count). The van der Waals surface area contributed by atoms with E-state index in [9.17, 15) is 57.8 Å². The van der Waals surface area contributed by atoms with Gasteiger partial charge < -0.3 is 46.0 Å². The quantitative estimate of drug-likeness (QED) is 0.0173. The second-order valence-electron chi connectivity index (χ2n) is 22.4. The normalized spacial score (nSPS) is 19.2. The lowest BCUT2D eigenvalue weighted by molar-refractivity contribution is -0.145. The number of aromatic nitrogens is 3. The number of aryl methyl sites for hydroxylation is 2. The van der Waals surface area contributed by atoms with Crippen molar-refractivity contribution in [1.29, 1.82) is 0 Å². The van der Waals surface area contributed by atoms with Gasteiger partial charge in [0.15, 0.2) is 0 Å². The third kappa shape index (κ3) is 14.5. The van der Waals surface area contributed by atoms with Crippen LogP contribution in [0.25, 0.3) is 21.9 Å². The van der Waals surface area contributed by atoms with E-state index in [0.717, 1.165) is 54.3 Å². The summed E-state index contributed by atoms with van der Waals surface area (Å²) in [5.74, 6) is -3.68. The van der Waals surface area contributed by atoms with Crippen LogP contribution in [-0.4, -0.2) is 129 Å². The van der Waals surface area contributed by atoms with Gasteiger partial charge in [-0.1, -0.05) is 98.5 Å². The molecule has 2 aromatic heterocycles. The Bertz CT molecular complexity index is 3540. The maximum absolute atomic E-state index is 15.1. The average Bonchev–Trinajstić information content (AvgIpc) is 1.88. The van der Waals surface area contributed by atoms with Gasteiger partial charge in [-0.15, -0.1) is 0 Å². The Morgan fingerprint density at radius 3 is 2.19 bits per heavy atom. The van der Waals surface area contributed by atoms with Crippen molar-refractivity contribution in [3.63, 3.8) is 0 Å². The number of benzene rings is 4. The van der Waals surface area contributed by atoms with Crippen molar-refractivity contribution in [3.05, 3.63) is 142 Å². The molecule has 450 valence electrons. The number of unbranched alkanes of at least 4 members (excludes halogenated alkanes) is 5. The highest BCUT2D eigenvalue weighted by molar-refractivity contribution is 7.70. The van der Waals surface area contributed by atoms with Crippen molar-refractivity contribution in [1.82, 2.24) is 45.2 Å². The number of hydrogen-bond donors (Lipinski definition) is 9. The molecule has 3 saturated heterocycles. The first kappa shape index (κ1) is 61.5. The summed E-state index contributed by atoms with van der Waals surface area (Å²) in [5, 5.41) is 23.5. The molecule has 5 heterocycles. The number of aliphatic hydroxyl groups is 1. The molecule has 85 heavy (non-hydrogen) atoms. The SMILES string of the molecule is Cn1c(=O)n(C2CCCC(=O)NC2=O)c2cccc(CCCCCCCCC(=O)N3CC[C@H]4CC[C@@H](C(=O)N[C@@H](CCC(N)=O)C(O)NC(c5ccccc5)c5ccccc5)N4C(=O)[C@@H](NC(=O)c4cc5cc(C(=O)P(=O)(O)O)ccc5[nH]4)C3)c21. The number of imidazole rings is 1. The molecule has 2 unspecified atom stereocenters. The third-order valence-electron chi connectivity index (χ3n) is 16.6. The van der Waals surface area contributed by atoms with Crippen molar-refractivity contribution < 1.29 is 57.8 Å². The molecule has 0 spiro atoms. The molecular formula is C61H73N10O13P. The molecule has 0 aliphatic carbocycles. The lowest BCUT2D eigenvalue weighted by Crippen LogP contribution is -2.62. The second kappa shape index (κ2) is 27.3. The van der Waals surface area contributed by atoms with Gasteiger partial charge >= 0.3 is 13.3 Å². The number of carbonyl (C=O) groups excluding carboxylic acids is 8. The van der Waals surface area contributed by atoms with Crippen molar-refractivity contribution in [3.8, 4) is 0 Å². The summed E-state index contributed by atoms with van der Waals surface area (Å²) < 4.78 is 14.8. The monoisotopic (exact) mass is 1180 g/mol. The van der Waals surface area contributed by atoms with E-state index in [1.807, 2.05) is 78.9 Å². The summed E-state index contributed by atoms with van der Waals surface area (Å²) in [7, 11) is -3.43. The van der Waals surface area contributed by atoms with Gasteiger partial charge in [0.25, 0.3) is 11.4 Å². The molecule has 24 heteroatoms. The Morgan fingerprint density at radius 2 is 1.49 bits per heavy atom. The van der Waals surface area contributed by atoms with Gasteiger partial charge in [-0.25, -0.2) is 4.79 Å². The van der Waals surface area contributed by atoms with Crippen LogP contribution in [0.4, 0.5) is 0 Å². The lowest BCUT2D eigenvalue weighted by atomic mass is 9.97. The van der Waals surface area contributed by atoms with E-state index in [1.165, 1.54) is 33.7 Å². The lowest BCUT2D eigenvalue weighted by Gasteiger charge is -2.39. The molecule has 6 aromatic rings. The average molecular weight is 1190 g/mol. The van der Waals surface area contributed by atoms with Gasteiger partial charge in [0, 0.05) is 61.9 Å². The fourth-order valence-electron chi connectivity index (χ4n) is 12.2. The number of nitrogens with two attached hydrogens (primary N) is 1. The largest absolute Gasteiger partial charge is 0.396 e. The Hall–Kier alpha value is -8.08. The number of aliphatic hydroxyl groups excluding tert-OH is 1. The number of nitrogens with zero attached hydrogens (tertiary/aromatic N) is 4. The molecule has 23 nitrogen and oxygen atoms in total. The van der Waals surface area contributed by atoms with E-state index in [0.29, 0.717) is 49.6 Å². The number of hydrogen-bond acceptors (Lipinski definition) is 12. The van der Waals surface area contributed by atoms with Gasteiger partial charge in [-0.2, -0.15) is 0 Å². The number of amides is 7. The molecule has 0 bridgehead atoms. The highest BCUT2D eigenvalue weighted by atomic mass is 31.2. The highest BCUT2D eigenvalue weighted by Crippen LogP contribution is 2.40. The molecular weight excluding hydrogens is 1110 g/mol. The van der Waals surface area contributed by atoms with Crippen LogP contribution in [0.15, 0.2) is 108 Å². The molecule has 10 N–H and O–H groups in total. The molecule has 4 aromatic carbocycles. The number of carbonyl (C=O) groups is 8. The fourth-order valence-corrected chi connectivity index (χ4v) is 12.7. The summed E-state index contributed by atoms with van der Waals surface area (Å²) in [5.41, 5.74) is 7.93. The van der Waals surface area contributed by atoms with E-state index in [-0.39, 0.29) is 79.3 Å². The predicted molar refractivity (Wildman–Crippen MR) is 314 cm³/mol. The number of primary amides is 1. The van der Waals surface area contributed by atoms with Gasteiger partial charge in [-0.3, -0.25) is 62.7 Å². The summed E-state index contributed by atoms with van der Waals surface area (Å²) in [6.45, 7) is -0.0299. The standard InChI is InChI=1S/C61H73N10O13P/c1-68-54-39(21-14-22-47(54)71(61(68)81)48-23-15-24-51(73)66-58(48)78)20-8-4-2-3-5-13-25-52(74)69-33-32-42-27-30-49(57(77)64-44(29-31-50(62)72)55(75)67-53(37-16-9-6-10-17-37)38-18-11-7-12-19-38)70(42)59(79)46(36-69)65-56(76)45-35-41-34-40(26-28-43(41)63-45)60(80)85(82,83)84/h6-7,9-12,14,16-19,21-22,26,28,34-35,42,44,46,48-49,53,55,63,67,75H,2-5,8,13,15,20,23-25,27,29-33,36H2,1H3,(H2,62,72)(H,64,77)(H,65,76)(H,66,73,78)(H2,82,83,84)/t42-,44+,46+,48?,49+,55?/m1/s1. The molecule has 7 amide bonds. The number of nitrogens with one attached hydrogen (secondary N) is 5. The van der Waals surface area contributed by atoms with Crippen LogP contribution in [0.5, 0.6) is 0 Å². The number of imide groups is 1. The predicted octanol–water partition coefficient (Wildman–Crippen LogP) is 4.62. The van der Waals surface area contributed by atoms with Crippen LogP contribution < -0.4 is 32.7 Å². The summed E-state index contributed by atoms with van der Waals surface area (Å²) in [4.78, 5) is 146. The summed E-state index contributed by atoms with van der Waals surface area (Å²) >= 11 is 0. The fraction of sp³-hybridized carbons (Fsp3) is 0.426. The first-order valence-electron chi connectivity index (χ1n) is 29.1. The molecule has 6 atom stereocenters. The smallest absolute Gasteiger partial charge is 0.376 e. The van der Waals surface area contributed by atoms with E-state index in [4.69, 9.17) is 5.73 Å². The number of para-hydroxylation sites is 1. The van der Waals surface area contributed by atoms with Crippen LogP contribution in [0, 0.1) is 0 Å². The van der Waals surface area contributed by atoms with Crippen LogP contribution >= 0.6 is 7.60 Å². The molecule has 0 saturated carbocycles. The first-order valence-corrected chi connectivity index (χ1v) is 30.7. The molecule has 3 aliphatic heterocycles. The van der Waals surface area contributed by atoms with Gasteiger partial charge in [-0.05, 0) is 105 Å². The van der Waals surface area contributed by atoms with Gasteiger partial charge in [0.1, 0.15) is 30.0 Å². The minimum Gasteiger partial charge on any atom is -0.376 e. The Morgan fingerprint density at radius 1 is 0.800 bits per heavy atom. The highest BCUT2D eigenvalue weighted by Gasteiger charge is 2.46. The first-order chi connectivity index (χ1) is 40.8. The van der Waals surface area contributed by atoms with Crippen LogP contribution in [0.1, 0.15) is 146 Å².